The van der Waals surface area contributed by atoms with Crippen LogP contribution in [0.25, 0.3) is 0 Å². The van der Waals surface area contributed by atoms with Gasteiger partial charge < -0.3 is 24.1 Å². The second kappa shape index (κ2) is 7.54. The number of hydrogen-bond donors (Lipinski definition) is 1. The molecule has 4 rings (SSSR count). The summed E-state index contributed by atoms with van der Waals surface area (Å²) in [7, 11) is 1.59. The van der Waals surface area contributed by atoms with Gasteiger partial charge in [0.05, 0.1) is 7.11 Å². The molecule has 0 bridgehead atoms. The average molecular weight is 397 g/mol. The zero-order valence-electron chi connectivity index (χ0n) is 15.5. The lowest BCUT2D eigenvalue weighted by Crippen LogP contribution is -2.29. The van der Waals surface area contributed by atoms with Crippen LogP contribution in [0.3, 0.4) is 0 Å². The molecule has 0 fully saturated rings. The van der Waals surface area contributed by atoms with Crippen molar-refractivity contribution in [2.45, 2.75) is 32.1 Å². The van der Waals surface area contributed by atoms with E-state index in [1.165, 1.54) is 0 Å². The Hall–Kier alpha value is -2.42. The summed E-state index contributed by atoms with van der Waals surface area (Å²) in [6.07, 6.45) is -1.91. The molecule has 1 atom stereocenters. The van der Waals surface area contributed by atoms with Crippen molar-refractivity contribution in [1.29, 1.82) is 0 Å². The second-order valence-electron chi connectivity index (χ2n) is 7.05. The molecule has 1 aromatic heterocycles. The number of nitrogens with zero attached hydrogens (tertiary/aromatic N) is 2. The van der Waals surface area contributed by atoms with E-state index < -0.39 is 11.9 Å². The Kier molecular flexibility index (Phi) is 5.09. The first-order valence-corrected chi connectivity index (χ1v) is 9.24. The minimum atomic E-state index is -4.39. The topological polar surface area (TPSA) is 57.5 Å². The number of nitrogens with one attached hydrogen (secondary N) is 1. The van der Waals surface area contributed by atoms with Gasteiger partial charge in [0.25, 0.3) is 0 Å². The van der Waals surface area contributed by atoms with Gasteiger partial charge in [0.15, 0.2) is 17.2 Å². The van der Waals surface area contributed by atoms with Crippen LogP contribution in [-0.2, 0) is 25.7 Å². The molecule has 9 heteroatoms. The van der Waals surface area contributed by atoms with Crippen LogP contribution < -0.4 is 19.5 Å². The highest BCUT2D eigenvalue weighted by atomic mass is 19.4. The number of alkyl halides is 3. The first kappa shape index (κ1) is 18.9. The lowest BCUT2D eigenvalue weighted by molar-refractivity contribution is -0.141. The summed E-state index contributed by atoms with van der Waals surface area (Å²) in [5.74, 6) is 2.69. The van der Waals surface area contributed by atoms with E-state index in [4.69, 9.17) is 14.2 Å². The van der Waals surface area contributed by atoms with Crippen LogP contribution in [0, 0.1) is 5.92 Å². The molecule has 2 aromatic rings. The Morgan fingerprint density at radius 2 is 2.11 bits per heavy atom. The molecular weight excluding hydrogens is 375 g/mol. The van der Waals surface area contributed by atoms with Gasteiger partial charge in [0.1, 0.15) is 19.0 Å². The Morgan fingerprint density at radius 3 is 2.89 bits per heavy atom. The Morgan fingerprint density at radius 1 is 1.29 bits per heavy atom. The van der Waals surface area contributed by atoms with Gasteiger partial charge in [0, 0.05) is 25.7 Å². The Bertz CT molecular complexity index is 834. The molecule has 28 heavy (non-hydrogen) atoms. The number of benzene rings is 1. The maximum Gasteiger partial charge on any atom is 0.434 e. The molecule has 0 saturated heterocycles. The number of aryl methyl sites for hydroxylation is 1. The van der Waals surface area contributed by atoms with E-state index in [0.717, 1.165) is 18.2 Å². The summed E-state index contributed by atoms with van der Waals surface area (Å²) in [4.78, 5) is 3.72. The van der Waals surface area contributed by atoms with Crippen molar-refractivity contribution in [3.8, 4) is 17.2 Å². The number of ether oxygens (including phenoxy) is 3. The molecule has 0 saturated carbocycles. The molecule has 0 amide bonds. The quantitative estimate of drug-likeness (QED) is 0.841. The zero-order valence-corrected chi connectivity index (χ0v) is 15.5. The molecule has 0 spiro atoms. The molecule has 0 radical (unpaired) electrons. The third-order valence-corrected chi connectivity index (χ3v) is 5.03. The number of imidazole rings is 1. The summed E-state index contributed by atoms with van der Waals surface area (Å²) in [6.45, 7) is 2.84. The van der Waals surface area contributed by atoms with Gasteiger partial charge in [-0.2, -0.15) is 13.2 Å². The van der Waals surface area contributed by atoms with Gasteiger partial charge in [-0.05, 0) is 36.6 Å². The minimum absolute atomic E-state index is 0.252. The number of aromatic nitrogens is 2. The molecule has 1 aromatic carbocycles. The molecule has 1 N–H and O–H groups in total. The maximum absolute atomic E-state index is 12.8. The van der Waals surface area contributed by atoms with Crippen molar-refractivity contribution < 1.29 is 27.4 Å². The zero-order chi connectivity index (χ0) is 19.7. The number of fused-ring (bicyclic) bond motifs is 2. The van der Waals surface area contributed by atoms with Crippen molar-refractivity contribution >= 4 is 0 Å². The Labute approximate surface area is 160 Å². The third kappa shape index (κ3) is 3.89. The van der Waals surface area contributed by atoms with Crippen molar-refractivity contribution in [3.05, 3.63) is 35.4 Å². The average Bonchev–Trinajstić information content (AvgIpc) is 3.11. The van der Waals surface area contributed by atoms with Gasteiger partial charge in [-0.3, -0.25) is 0 Å². The number of halogens is 3. The molecular formula is C19H22F3N3O3. The lowest BCUT2D eigenvalue weighted by Gasteiger charge is -2.24. The van der Waals surface area contributed by atoms with E-state index in [0.29, 0.717) is 62.3 Å². The highest BCUT2D eigenvalue weighted by Gasteiger charge is 2.35. The van der Waals surface area contributed by atoms with E-state index >= 15 is 0 Å². The molecule has 0 aliphatic carbocycles. The first-order chi connectivity index (χ1) is 13.4. The third-order valence-electron chi connectivity index (χ3n) is 5.03. The molecule has 152 valence electrons. The van der Waals surface area contributed by atoms with Crippen molar-refractivity contribution in [2.24, 2.45) is 5.92 Å². The fourth-order valence-corrected chi connectivity index (χ4v) is 3.67. The van der Waals surface area contributed by atoms with Gasteiger partial charge >= 0.3 is 6.18 Å². The van der Waals surface area contributed by atoms with E-state index in [1.54, 1.807) is 11.7 Å². The summed E-state index contributed by atoms with van der Waals surface area (Å²) < 4.78 is 56.7. The first-order valence-electron chi connectivity index (χ1n) is 9.24. The van der Waals surface area contributed by atoms with Crippen LogP contribution in [0.5, 0.6) is 17.2 Å². The van der Waals surface area contributed by atoms with E-state index in [9.17, 15) is 13.2 Å². The Balaban J connectivity index is 1.35. The highest BCUT2D eigenvalue weighted by Crippen LogP contribution is 2.40. The molecule has 2 aliphatic heterocycles. The molecule has 2 aliphatic rings. The summed E-state index contributed by atoms with van der Waals surface area (Å²) in [5, 5.41) is 3.39. The largest absolute Gasteiger partial charge is 0.493 e. The smallest absolute Gasteiger partial charge is 0.434 e. The fourth-order valence-electron chi connectivity index (χ4n) is 3.67. The second-order valence-corrected chi connectivity index (χ2v) is 7.05. The van der Waals surface area contributed by atoms with Crippen LogP contribution >= 0.6 is 0 Å². The summed E-state index contributed by atoms with van der Waals surface area (Å²) in [6, 6.07) is 3.83. The van der Waals surface area contributed by atoms with E-state index in [-0.39, 0.29) is 5.92 Å². The van der Waals surface area contributed by atoms with Gasteiger partial charge in [-0.15, -0.1) is 0 Å². The van der Waals surface area contributed by atoms with Crippen molar-refractivity contribution in [2.75, 3.05) is 26.9 Å². The SMILES string of the molecule is COc1cc(CNCC2CCc3nc(C(F)(F)F)cn3C2)cc2c1OCCO2. The number of hydrogen-bond acceptors (Lipinski definition) is 5. The number of rotatable bonds is 5. The van der Waals surface area contributed by atoms with Crippen LogP contribution in [0.15, 0.2) is 18.3 Å². The van der Waals surface area contributed by atoms with Gasteiger partial charge in [-0.1, -0.05) is 0 Å². The van der Waals surface area contributed by atoms with E-state index in [2.05, 4.69) is 10.3 Å². The molecule has 3 heterocycles. The monoisotopic (exact) mass is 397 g/mol. The normalized spacial score (nSPS) is 18.6. The summed E-state index contributed by atoms with van der Waals surface area (Å²) >= 11 is 0. The van der Waals surface area contributed by atoms with Crippen LogP contribution in [-0.4, -0.2) is 36.4 Å². The van der Waals surface area contributed by atoms with Gasteiger partial charge in [0.2, 0.25) is 5.75 Å². The lowest BCUT2D eigenvalue weighted by atomic mass is 9.99. The number of methoxy groups -OCH3 is 1. The molecule has 1 unspecified atom stereocenters. The maximum atomic E-state index is 12.8. The predicted molar refractivity (Wildman–Crippen MR) is 94.7 cm³/mol. The van der Waals surface area contributed by atoms with Crippen LogP contribution in [0.4, 0.5) is 13.2 Å². The highest BCUT2D eigenvalue weighted by molar-refractivity contribution is 5.54. The van der Waals surface area contributed by atoms with Crippen LogP contribution in [0.1, 0.15) is 23.5 Å². The molecule has 6 nitrogen and oxygen atoms in total. The predicted octanol–water partition coefficient (Wildman–Crippen LogP) is 3.03. The van der Waals surface area contributed by atoms with E-state index in [1.807, 2.05) is 12.1 Å². The standard InChI is InChI=1S/C19H22F3N3O3/c1-26-14-6-13(7-15-18(14)28-5-4-27-15)9-23-8-12-2-3-17-24-16(19(20,21)22)11-25(17)10-12/h6-7,11-12,23H,2-5,8-10H2,1H3. The van der Waals surface area contributed by atoms with Crippen LogP contribution in [0.2, 0.25) is 0 Å². The van der Waals surface area contributed by atoms with Gasteiger partial charge in [-0.25, -0.2) is 4.98 Å². The minimum Gasteiger partial charge on any atom is -0.493 e. The van der Waals surface area contributed by atoms with Crippen molar-refractivity contribution in [1.82, 2.24) is 14.9 Å². The fraction of sp³-hybridized carbons (Fsp3) is 0.526. The summed E-state index contributed by atoms with van der Waals surface area (Å²) in [5.41, 5.74) is 0.194. The van der Waals surface area contributed by atoms with Crippen molar-refractivity contribution in [3.63, 3.8) is 0 Å².